The number of carbonyl (C=O) groups excluding carboxylic acids is 1. The van der Waals surface area contributed by atoms with Gasteiger partial charge < -0.3 is 9.84 Å². The van der Waals surface area contributed by atoms with Crippen LogP contribution in [-0.4, -0.2) is 31.5 Å². The maximum atomic E-state index is 12.3. The highest BCUT2D eigenvalue weighted by Gasteiger charge is 2.14. The van der Waals surface area contributed by atoms with Crippen molar-refractivity contribution in [3.63, 3.8) is 0 Å². The Labute approximate surface area is 165 Å². The number of hydrogen-bond donors (Lipinski definition) is 1. The minimum absolute atomic E-state index is 0.00561. The first-order valence-corrected chi connectivity index (χ1v) is 9.61. The number of non-ortho nitro benzene ring substituents is 1. The minimum Gasteiger partial charge on any atom is -0.361 e. The zero-order valence-electron chi connectivity index (χ0n) is 15.6. The molecule has 1 N–H and O–H groups in total. The van der Waals surface area contributed by atoms with Crippen LogP contribution in [0, 0.1) is 30.9 Å². The molecular formula is C18H19N5O4S. The van der Waals surface area contributed by atoms with Gasteiger partial charge >= 0.3 is 0 Å². The van der Waals surface area contributed by atoms with Crippen LogP contribution in [0.15, 0.2) is 34.9 Å². The van der Waals surface area contributed by atoms with E-state index in [1.165, 1.54) is 23.9 Å². The van der Waals surface area contributed by atoms with Crippen LogP contribution in [0.25, 0.3) is 5.69 Å². The van der Waals surface area contributed by atoms with Crippen LogP contribution in [0.2, 0.25) is 0 Å². The highest BCUT2D eigenvalue weighted by atomic mass is 32.2. The number of thioether (sulfide) groups is 1. The molecule has 0 aliphatic heterocycles. The van der Waals surface area contributed by atoms with Crippen LogP contribution < -0.4 is 5.32 Å². The van der Waals surface area contributed by atoms with Gasteiger partial charge in [-0.2, -0.15) is 5.10 Å². The van der Waals surface area contributed by atoms with E-state index in [0.717, 1.165) is 22.7 Å². The molecule has 3 rings (SSSR count). The Morgan fingerprint density at radius 3 is 2.61 bits per heavy atom. The molecule has 0 saturated heterocycles. The molecule has 0 fully saturated rings. The first kappa shape index (κ1) is 19.6. The van der Waals surface area contributed by atoms with Crippen LogP contribution in [0.3, 0.4) is 0 Å². The van der Waals surface area contributed by atoms with Gasteiger partial charge in [0, 0.05) is 29.5 Å². The summed E-state index contributed by atoms with van der Waals surface area (Å²) in [5.74, 6) is 2.00. The molecule has 0 spiro atoms. The fourth-order valence-electron chi connectivity index (χ4n) is 2.63. The van der Waals surface area contributed by atoms with Crippen molar-refractivity contribution in [1.82, 2.24) is 14.9 Å². The lowest BCUT2D eigenvalue weighted by atomic mass is 10.2. The molecule has 0 bridgehead atoms. The standard InChI is InChI=1S/C18H19N5O4S/c1-11-8-17(22(20-11)14-4-6-15(7-5-14)23(25)26)19-18(24)10-28-9-16-12(2)21-27-13(16)3/h4-8H,9-10H2,1-3H3,(H,19,24). The number of benzene rings is 1. The molecular weight excluding hydrogens is 382 g/mol. The Balaban J connectivity index is 1.65. The topological polar surface area (TPSA) is 116 Å². The van der Waals surface area contributed by atoms with Gasteiger partial charge in [0.05, 0.1) is 27.8 Å². The van der Waals surface area contributed by atoms with Gasteiger partial charge in [-0.3, -0.25) is 14.9 Å². The smallest absolute Gasteiger partial charge is 0.269 e. The van der Waals surface area contributed by atoms with Crippen molar-refractivity contribution < 1.29 is 14.2 Å². The van der Waals surface area contributed by atoms with Gasteiger partial charge in [0.2, 0.25) is 5.91 Å². The van der Waals surface area contributed by atoms with Crippen LogP contribution in [0.5, 0.6) is 0 Å². The summed E-state index contributed by atoms with van der Waals surface area (Å²) in [6.45, 7) is 5.53. The summed E-state index contributed by atoms with van der Waals surface area (Å²) < 4.78 is 6.67. The number of nitro benzene ring substituents is 1. The number of nitro groups is 1. The molecule has 0 aliphatic rings. The maximum absolute atomic E-state index is 12.3. The van der Waals surface area contributed by atoms with E-state index in [1.54, 1.807) is 22.9 Å². The lowest BCUT2D eigenvalue weighted by Crippen LogP contribution is -2.17. The molecule has 0 saturated carbocycles. The highest BCUT2D eigenvalue weighted by molar-refractivity contribution is 7.99. The number of hydrogen-bond acceptors (Lipinski definition) is 7. The second kappa shape index (κ2) is 8.26. The van der Waals surface area contributed by atoms with Crippen molar-refractivity contribution in [2.24, 2.45) is 0 Å². The SMILES string of the molecule is Cc1cc(NC(=O)CSCc2c(C)noc2C)n(-c2ccc([N+](=O)[O-])cc2)n1. The van der Waals surface area contributed by atoms with Gasteiger partial charge in [-0.1, -0.05) is 5.16 Å². The average molecular weight is 401 g/mol. The van der Waals surface area contributed by atoms with Gasteiger partial charge in [0.1, 0.15) is 11.6 Å². The van der Waals surface area contributed by atoms with Crippen molar-refractivity contribution in [2.75, 3.05) is 11.1 Å². The summed E-state index contributed by atoms with van der Waals surface area (Å²) in [4.78, 5) is 22.7. The molecule has 2 aromatic heterocycles. The second-order valence-electron chi connectivity index (χ2n) is 6.20. The van der Waals surface area contributed by atoms with Crippen molar-refractivity contribution in [1.29, 1.82) is 0 Å². The summed E-state index contributed by atoms with van der Waals surface area (Å²) in [7, 11) is 0. The van der Waals surface area contributed by atoms with E-state index in [2.05, 4.69) is 15.6 Å². The summed E-state index contributed by atoms with van der Waals surface area (Å²) >= 11 is 1.46. The molecule has 1 amide bonds. The normalized spacial score (nSPS) is 10.8. The predicted molar refractivity (Wildman–Crippen MR) is 106 cm³/mol. The average Bonchev–Trinajstić information content (AvgIpc) is 3.18. The first-order chi connectivity index (χ1) is 13.3. The van der Waals surface area contributed by atoms with Crippen LogP contribution in [0.1, 0.15) is 22.7 Å². The van der Waals surface area contributed by atoms with E-state index in [9.17, 15) is 14.9 Å². The number of aromatic nitrogens is 3. The zero-order chi connectivity index (χ0) is 20.3. The minimum atomic E-state index is -0.461. The van der Waals surface area contributed by atoms with Gasteiger partial charge in [0.25, 0.3) is 5.69 Å². The van der Waals surface area contributed by atoms with Gasteiger partial charge in [-0.15, -0.1) is 11.8 Å². The molecule has 2 heterocycles. The monoisotopic (exact) mass is 401 g/mol. The van der Waals surface area contributed by atoms with E-state index >= 15 is 0 Å². The fraction of sp³-hybridized carbons (Fsp3) is 0.278. The number of rotatable bonds is 7. The molecule has 0 unspecified atom stereocenters. The highest BCUT2D eigenvalue weighted by Crippen LogP contribution is 2.22. The molecule has 9 nitrogen and oxygen atoms in total. The Morgan fingerprint density at radius 1 is 1.29 bits per heavy atom. The number of anilines is 1. The molecule has 146 valence electrons. The van der Waals surface area contributed by atoms with E-state index in [4.69, 9.17) is 4.52 Å². The van der Waals surface area contributed by atoms with Gasteiger partial charge in [-0.25, -0.2) is 4.68 Å². The quantitative estimate of drug-likeness (QED) is 0.475. The number of aryl methyl sites for hydroxylation is 3. The van der Waals surface area contributed by atoms with Crippen molar-refractivity contribution >= 4 is 29.2 Å². The number of nitrogens with one attached hydrogen (secondary N) is 1. The molecule has 28 heavy (non-hydrogen) atoms. The largest absolute Gasteiger partial charge is 0.361 e. The molecule has 3 aromatic rings. The third-order valence-corrected chi connectivity index (χ3v) is 5.02. The fourth-order valence-corrected chi connectivity index (χ4v) is 3.61. The van der Waals surface area contributed by atoms with Crippen molar-refractivity contribution in [3.05, 3.63) is 63.2 Å². The van der Waals surface area contributed by atoms with Gasteiger partial charge in [0.15, 0.2) is 0 Å². The maximum Gasteiger partial charge on any atom is 0.269 e. The number of amides is 1. The van der Waals surface area contributed by atoms with E-state index in [0.29, 0.717) is 17.3 Å². The zero-order valence-corrected chi connectivity index (χ0v) is 16.4. The van der Waals surface area contributed by atoms with Crippen LogP contribution >= 0.6 is 11.8 Å². The van der Waals surface area contributed by atoms with Crippen LogP contribution in [0.4, 0.5) is 11.5 Å². The van der Waals surface area contributed by atoms with E-state index in [1.807, 2.05) is 20.8 Å². The predicted octanol–water partition coefficient (Wildman–Crippen LogP) is 3.57. The van der Waals surface area contributed by atoms with Crippen molar-refractivity contribution in [2.45, 2.75) is 26.5 Å². The summed E-state index contributed by atoms with van der Waals surface area (Å²) in [6.07, 6.45) is 0. The molecule has 10 heteroatoms. The molecule has 1 aromatic carbocycles. The lowest BCUT2D eigenvalue weighted by Gasteiger charge is -2.09. The third kappa shape index (κ3) is 4.39. The second-order valence-corrected chi connectivity index (χ2v) is 7.19. The van der Waals surface area contributed by atoms with Crippen molar-refractivity contribution in [3.8, 4) is 5.69 Å². The molecule has 0 aliphatic carbocycles. The van der Waals surface area contributed by atoms with E-state index < -0.39 is 4.92 Å². The van der Waals surface area contributed by atoms with E-state index in [-0.39, 0.29) is 17.3 Å². The molecule has 0 radical (unpaired) electrons. The van der Waals surface area contributed by atoms with Gasteiger partial charge in [-0.05, 0) is 32.9 Å². The Hall–Kier alpha value is -3.14. The Bertz CT molecular complexity index is 990. The first-order valence-electron chi connectivity index (χ1n) is 8.46. The van der Waals surface area contributed by atoms with Crippen LogP contribution in [-0.2, 0) is 10.5 Å². The summed E-state index contributed by atoms with van der Waals surface area (Å²) in [5, 5.41) is 21.9. The summed E-state index contributed by atoms with van der Waals surface area (Å²) in [5.41, 5.74) is 3.17. The number of nitrogens with zero attached hydrogens (tertiary/aromatic N) is 4. The summed E-state index contributed by atoms with van der Waals surface area (Å²) in [6, 6.07) is 7.73. The number of carbonyl (C=O) groups is 1. The Morgan fingerprint density at radius 2 is 2.00 bits per heavy atom. The third-order valence-electron chi connectivity index (χ3n) is 4.06. The Kier molecular flexibility index (Phi) is 5.78. The lowest BCUT2D eigenvalue weighted by molar-refractivity contribution is -0.384. The molecule has 0 atom stereocenters.